The van der Waals surface area contributed by atoms with E-state index in [1.165, 1.54) is 5.56 Å². The molecule has 0 saturated heterocycles. The average molecular weight is 248 g/mol. The lowest BCUT2D eigenvalue weighted by molar-refractivity contribution is -0.121. The van der Waals surface area contributed by atoms with Gasteiger partial charge in [0, 0.05) is 19.3 Å². The average Bonchev–Trinajstić information content (AvgIpc) is 2.38. The molecular weight excluding hydrogens is 228 g/mol. The molecule has 1 amide bonds. The molecule has 4 heteroatoms. The first kappa shape index (κ1) is 13.1. The highest BCUT2D eigenvalue weighted by atomic mass is 16.5. The maximum atomic E-state index is 12.3. The molecule has 1 aromatic carbocycles. The summed E-state index contributed by atoms with van der Waals surface area (Å²) in [5.74, 6) is -0.0490. The molecule has 0 aromatic heterocycles. The first-order valence-electron chi connectivity index (χ1n) is 6.29. The molecule has 0 saturated carbocycles. The van der Waals surface area contributed by atoms with E-state index in [2.05, 4.69) is 6.07 Å². The van der Waals surface area contributed by atoms with Crippen molar-refractivity contribution in [2.45, 2.75) is 25.8 Å². The molecule has 98 valence electrons. The SMILES string of the molecule is COCC(N)C(=O)N1CCCc2cccc(C)c21. The second-order valence-electron chi connectivity index (χ2n) is 4.74. The van der Waals surface area contributed by atoms with Crippen LogP contribution in [-0.4, -0.2) is 32.2 Å². The fourth-order valence-electron chi connectivity index (χ4n) is 2.52. The van der Waals surface area contributed by atoms with Crippen molar-refractivity contribution >= 4 is 11.6 Å². The molecule has 1 aromatic rings. The number of anilines is 1. The van der Waals surface area contributed by atoms with Gasteiger partial charge in [0.05, 0.1) is 6.61 Å². The third-order valence-electron chi connectivity index (χ3n) is 3.35. The van der Waals surface area contributed by atoms with Crippen molar-refractivity contribution in [1.29, 1.82) is 0 Å². The zero-order valence-corrected chi connectivity index (χ0v) is 11.0. The number of amides is 1. The molecule has 0 fully saturated rings. The molecule has 1 aliphatic rings. The van der Waals surface area contributed by atoms with Crippen LogP contribution in [0.4, 0.5) is 5.69 Å². The number of nitrogens with zero attached hydrogens (tertiary/aromatic N) is 1. The molecule has 0 bridgehead atoms. The largest absolute Gasteiger partial charge is 0.383 e. The van der Waals surface area contributed by atoms with Gasteiger partial charge in [-0.15, -0.1) is 0 Å². The van der Waals surface area contributed by atoms with Crippen LogP contribution in [0.2, 0.25) is 0 Å². The van der Waals surface area contributed by atoms with Gasteiger partial charge in [-0.05, 0) is 30.9 Å². The molecule has 18 heavy (non-hydrogen) atoms. The van der Waals surface area contributed by atoms with E-state index in [0.29, 0.717) is 0 Å². The van der Waals surface area contributed by atoms with Crippen LogP contribution in [-0.2, 0) is 16.0 Å². The summed E-state index contributed by atoms with van der Waals surface area (Å²) in [6.07, 6.45) is 2.02. The number of nitrogens with two attached hydrogens (primary N) is 1. The molecule has 4 nitrogen and oxygen atoms in total. The van der Waals surface area contributed by atoms with Crippen molar-refractivity contribution in [1.82, 2.24) is 0 Å². The Morgan fingerprint density at radius 1 is 1.56 bits per heavy atom. The summed E-state index contributed by atoms with van der Waals surface area (Å²) in [7, 11) is 1.56. The van der Waals surface area contributed by atoms with Gasteiger partial charge >= 0.3 is 0 Å². The first-order valence-corrected chi connectivity index (χ1v) is 6.29. The topological polar surface area (TPSA) is 55.6 Å². The van der Waals surface area contributed by atoms with Crippen LogP contribution in [0.15, 0.2) is 18.2 Å². The van der Waals surface area contributed by atoms with Crippen LogP contribution in [0.1, 0.15) is 17.5 Å². The van der Waals surface area contributed by atoms with Crippen LogP contribution in [0.25, 0.3) is 0 Å². The predicted molar refractivity (Wildman–Crippen MR) is 71.7 cm³/mol. The smallest absolute Gasteiger partial charge is 0.246 e. The minimum atomic E-state index is -0.583. The Morgan fingerprint density at radius 2 is 2.33 bits per heavy atom. The normalized spacial score (nSPS) is 16.3. The fraction of sp³-hybridized carbons (Fsp3) is 0.500. The van der Waals surface area contributed by atoms with E-state index < -0.39 is 6.04 Å². The maximum absolute atomic E-state index is 12.3. The first-order chi connectivity index (χ1) is 8.65. The Hall–Kier alpha value is -1.39. The second kappa shape index (κ2) is 5.50. The maximum Gasteiger partial charge on any atom is 0.246 e. The summed E-state index contributed by atoms with van der Waals surface area (Å²) < 4.78 is 4.96. The van der Waals surface area contributed by atoms with Crippen LogP contribution in [0, 0.1) is 6.92 Å². The highest BCUT2D eigenvalue weighted by Crippen LogP contribution is 2.30. The van der Waals surface area contributed by atoms with Gasteiger partial charge < -0.3 is 15.4 Å². The van der Waals surface area contributed by atoms with Crippen molar-refractivity contribution in [3.05, 3.63) is 29.3 Å². The van der Waals surface area contributed by atoms with Crippen LogP contribution in [0.5, 0.6) is 0 Å². The summed E-state index contributed by atoms with van der Waals surface area (Å²) in [4.78, 5) is 14.1. The van der Waals surface area contributed by atoms with E-state index in [1.807, 2.05) is 24.0 Å². The molecule has 0 spiro atoms. The zero-order chi connectivity index (χ0) is 13.1. The number of benzene rings is 1. The molecule has 0 radical (unpaired) electrons. The van der Waals surface area contributed by atoms with Gasteiger partial charge in [0.2, 0.25) is 5.91 Å². The number of fused-ring (bicyclic) bond motifs is 1. The Bertz CT molecular complexity index is 445. The number of hydrogen-bond donors (Lipinski definition) is 1. The summed E-state index contributed by atoms with van der Waals surface area (Å²) >= 11 is 0. The Balaban J connectivity index is 2.30. The quantitative estimate of drug-likeness (QED) is 0.876. The molecule has 0 aliphatic carbocycles. The predicted octanol–water partition coefficient (Wildman–Crippen LogP) is 1.25. The van der Waals surface area contributed by atoms with Gasteiger partial charge in [-0.1, -0.05) is 18.2 Å². The van der Waals surface area contributed by atoms with Crippen LogP contribution in [0.3, 0.4) is 0 Å². The van der Waals surface area contributed by atoms with Gasteiger partial charge in [0.25, 0.3) is 0 Å². The second-order valence-corrected chi connectivity index (χ2v) is 4.74. The lowest BCUT2D eigenvalue weighted by atomic mass is 9.97. The van der Waals surface area contributed by atoms with Crippen LogP contribution < -0.4 is 10.6 Å². The third-order valence-corrected chi connectivity index (χ3v) is 3.35. The number of carbonyl (C=O) groups excluding carboxylic acids is 1. The van der Waals surface area contributed by atoms with Gasteiger partial charge in [-0.3, -0.25) is 4.79 Å². The molecule has 2 N–H and O–H groups in total. The lowest BCUT2D eigenvalue weighted by Crippen LogP contribution is -2.48. The van der Waals surface area contributed by atoms with E-state index in [0.717, 1.165) is 30.6 Å². The van der Waals surface area contributed by atoms with E-state index >= 15 is 0 Å². The number of hydrogen-bond acceptors (Lipinski definition) is 3. The highest BCUT2D eigenvalue weighted by Gasteiger charge is 2.27. The summed E-state index contributed by atoms with van der Waals surface area (Å²) in [6.45, 7) is 3.04. The zero-order valence-electron chi connectivity index (χ0n) is 11.0. The monoisotopic (exact) mass is 248 g/mol. The van der Waals surface area contributed by atoms with Crippen molar-refractivity contribution < 1.29 is 9.53 Å². The molecule has 1 atom stereocenters. The van der Waals surface area contributed by atoms with Crippen molar-refractivity contribution in [3.8, 4) is 0 Å². The minimum Gasteiger partial charge on any atom is -0.383 e. The number of methoxy groups -OCH3 is 1. The lowest BCUT2D eigenvalue weighted by Gasteiger charge is -2.32. The Morgan fingerprint density at radius 3 is 3.06 bits per heavy atom. The molecule has 1 unspecified atom stereocenters. The van der Waals surface area contributed by atoms with E-state index in [4.69, 9.17) is 10.5 Å². The fourth-order valence-corrected chi connectivity index (χ4v) is 2.52. The standard InChI is InChI=1S/C14H20N2O2/c1-10-5-3-6-11-7-4-8-16(13(10)11)14(17)12(15)9-18-2/h3,5-6,12H,4,7-9,15H2,1-2H3. The molecular formula is C14H20N2O2. The molecule has 1 aliphatic heterocycles. The van der Waals surface area contributed by atoms with Crippen LogP contribution >= 0.6 is 0 Å². The summed E-state index contributed by atoms with van der Waals surface area (Å²) in [5, 5.41) is 0. The van der Waals surface area contributed by atoms with Crippen molar-refractivity contribution in [3.63, 3.8) is 0 Å². The van der Waals surface area contributed by atoms with E-state index in [9.17, 15) is 4.79 Å². The molecule has 2 rings (SSSR count). The third kappa shape index (κ3) is 2.40. The number of ether oxygens (including phenoxy) is 1. The van der Waals surface area contributed by atoms with Gasteiger partial charge in [-0.2, -0.15) is 0 Å². The number of rotatable bonds is 3. The molecule has 1 heterocycles. The highest BCUT2D eigenvalue weighted by molar-refractivity contribution is 5.98. The number of para-hydroxylation sites is 1. The Kier molecular flexibility index (Phi) is 3.99. The number of carbonyl (C=O) groups is 1. The summed E-state index contributed by atoms with van der Waals surface area (Å²) in [5.41, 5.74) is 9.26. The van der Waals surface area contributed by atoms with E-state index in [-0.39, 0.29) is 12.5 Å². The van der Waals surface area contributed by atoms with Gasteiger partial charge in [-0.25, -0.2) is 0 Å². The minimum absolute atomic E-state index is 0.0490. The van der Waals surface area contributed by atoms with Crippen molar-refractivity contribution in [2.24, 2.45) is 5.73 Å². The summed E-state index contributed by atoms with van der Waals surface area (Å²) in [6, 6.07) is 5.58. The van der Waals surface area contributed by atoms with Gasteiger partial charge in [0.1, 0.15) is 6.04 Å². The Labute approximate surface area is 108 Å². The van der Waals surface area contributed by atoms with Crippen molar-refractivity contribution in [2.75, 3.05) is 25.2 Å². The van der Waals surface area contributed by atoms with Gasteiger partial charge in [0.15, 0.2) is 0 Å². The van der Waals surface area contributed by atoms with E-state index in [1.54, 1.807) is 7.11 Å². The number of aryl methyl sites for hydroxylation is 2.